The Kier molecular flexibility index (Phi) is 6.32. The fourth-order valence-corrected chi connectivity index (χ4v) is 4.17. The lowest BCUT2D eigenvalue weighted by atomic mass is 10.1. The lowest BCUT2D eigenvalue weighted by Crippen LogP contribution is -2.34. The van der Waals surface area contributed by atoms with Crippen LogP contribution >= 0.6 is 11.8 Å². The van der Waals surface area contributed by atoms with Crippen molar-refractivity contribution >= 4 is 29.0 Å². The maximum atomic E-state index is 13.2. The molecule has 0 unspecified atom stereocenters. The summed E-state index contributed by atoms with van der Waals surface area (Å²) in [6, 6.07) is 10.7. The first-order chi connectivity index (χ1) is 13.3. The van der Waals surface area contributed by atoms with Crippen LogP contribution in [0.25, 0.3) is 0 Å². The first kappa shape index (κ1) is 20.7. The van der Waals surface area contributed by atoms with Gasteiger partial charge < -0.3 is 10.0 Å². The van der Waals surface area contributed by atoms with Crippen molar-refractivity contribution < 1.29 is 23.1 Å². The number of carbonyl (C=O) groups excluding carboxylic acids is 1. The van der Waals surface area contributed by atoms with E-state index in [1.807, 2.05) is 24.0 Å². The van der Waals surface area contributed by atoms with E-state index >= 15 is 0 Å². The van der Waals surface area contributed by atoms with E-state index in [4.69, 9.17) is 5.11 Å². The van der Waals surface area contributed by atoms with Gasteiger partial charge in [-0.05, 0) is 36.9 Å². The maximum Gasteiger partial charge on any atom is 0.416 e. The van der Waals surface area contributed by atoms with E-state index in [1.165, 1.54) is 22.7 Å². The first-order valence-electron chi connectivity index (χ1n) is 8.99. The molecule has 8 heteroatoms. The van der Waals surface area contributed by atoms with Gasteiger partial charge in [-0.2, -0.15) is 13.2 Å². The number of anilines is 2. The van der Waals surface area contributed by atoms with Crippen molar-refractivity contribution in [3.8, 4) is 0 Å². The van der Waals surface area contributed by atoms with E-state index in [1.54, 1.807) is 12.1 Å². The minimum absolute atomic E-state index is 0.0109. The molecule has 4 nitrogen and oxygen atoms in total. The molecule has 0 aliphatic carbocycles. The highest BCUT2D eigenvalue weighted by Crippen LogP contribution is 2.49. The molecule has 0 saturated carbocycles. The molecule has 0 spiro atoms. The van der Waals surface area contributed by atoms with Gasteiger partial charge in [0.25, 0.3) is 0 Å². The van der Waals surface area contributed by atoms with Crippen LogP contribution in [0.2, 0.25) is 0 Å². The van der Waals surface area contributed by atoms with Crippen LogP contribution < -0.4 is 4.90 Å². The average Bonchev–Trinajstić information content (AvgIpc) is 2.67. The SMILES string of the molecule is CCN(CCO)CCC(=O)N1c2ccccc2Sc2ccc(C(F)(F)F)cc21. The van der Waals surface area contributed by atoms with E-state index in [0.29, 0.717) is 30.2 Å². The smallest absolute Gasteiger partial charge is 0.395 e. The van der Waals surface area contributed by atoms with E-state index < -0.39 is 11.7 Å². The van der Waals surface area contributed by atoms with Crippen LogP contribution in [0.1, 0.15) is 18.9 Å². The molecule has 2 aromatic rings. The molecular weight excluding hydrogens is 389 g/mol. The largest absolute Gasteiger partial charge is 0.416 e. The zero-order valence-electron chi connectivity index (χ0n) is 15.4. The Morgan fingerprint density at radius 1 is 1.11 bits per heavy atom. The highest BCUT2D eigenvalue weighted by atomic mass is 32.2. The molecule has 1 aliphatic rings. The summed E-state index contributed by atoms with van der Waals surface area (Å²) < 4.78 is 39.7. The zero-order valence-corrected chi connectivity index (χ0v) is 16.2. The molecule has 0 atom stereocenters. The number of rotatable bonds is 6. The number of amides is 1. The number of hydrogen-bond acceptors (Lipinski definition) is 4. The topological polar surface area (TPSA) is 43.8 Å². The maximum absolute atomic E-state index is 13.2. The van der Waals surface area contributed by atoms with Crippen LogP contribution in [-0.2, 0) is 11.0 Å². The third-order valence-electron chi connectivity index (χ3n) is 4.61. The van der Waals surface area contributed by atoms with E-state index in [9.17, 15) is 18.0 Å². The average molecular weight is 410 g/mol. The van der Waals surface area contributed by atoms with Crippen molar-refractivity contribution in [2.75, 3.05) is 31.1 Å². The molecule has 0 fully saturated rings. The number of hydrogen-bond donors (Lipinski definition) is 1. The Hall–Kier alpha value is -2.03. The van der Waals surface area contributed by atoms with Gasteiger partial charge in [-0.3, -0.25) is 9.69 Å². The van der Waals surface area contributed by atoms with E-state index in [2.05, 4.69) is 0 Å². The normalized spacial score (nSPS) is 13.4. The summed E-state index contributed by atoms with van der Waals surface area (Å²) in [5.74, 6) is -0.273. The molecule has 1 heterocycles. The highest BCUT2D eigenvalue weighted by Gasteiger charge is 2.34. The Labute approximate surface area is 165 Å². The van der Waals surface area contributed by atoms with Gasteiger partial charge in [-0.15, -0.1) is 0 Å². The Morgan fingerprint density at radius 3 is 2.50 bits per heavy atom. The lowest BCUT2D eigenvalue weighted by molar-refractivity contribution is -0.137. The summed E-state index contributed by atoms with van der Waals surface area (Å²) in [5, 5.41) is 9.10. The van der Waals surface area contributed by atoms with Gasteiger partial charge in [0.05, 0.1) is 23.5 Å². The van der Waals surface area contributed by atoms with Crippen molar-refractivity contribution in [1.82, 2.24) is 4.90 Å². The number of likely N-dealkylation sites (N-methyl/N-ethyl adjacent to an activating group) is 1. The van der Waals surface area contributed by atoms with Gasteiger partial charge in [-0.1, -0.05) is 30.8 Å². The Morgan fingerprint density at radius 2 is 1.82 bits per heavy atom. The predicted octanol–water partition coefficient (Wildman–Crippen LogP) is 4.54. The number of para-hydroxylation sites is 1. The van der Waals surface area contributed by atoms with Crippen LogP contribution in [0.5, 0.6) is 0 Å². The Balaban J connectivity index is 1.96. The molecule has 0 radical (unpaired) electrons. The number of nitrogens with zero attached hydrogens (tertiary/aromatic N) is 2. The number of aliphatic hydroxyl groups excluding tert-OH is 1. The van der Waals surface area contributed by atoms with Crippen molar-refractivity contribution in [2.45, 2.75) is 29.3 Å². The van der Waals surface area contributed by atoms with Gasteiger partial charge in [0.1, 0.15) is 0 Å². The van der Waals surface area contributed by atoms with Gasteiger partial charge in [0.2, 0.25) is 5.91 Å². The van der Waals surface area contributed by atoms with Gasteiger partial charge in [0.15, 0.2) is 0 Å². The highest BCUT2D eigenvalue weighted by molar-refractivity contribution is 7.99. The molecule has 0 aromatic heterocycles. The quantitative estimate of drug-likeness (QED) is 0.760. The number of fused-ring (bicyclic) bond motifs is 2. The molecule has 1 aliphatic heterocycles. The fraction of sp³-hybridized carbons (Fsp3) is 0.350. The van der Waals surface area contributed by atoms with Crippen molar-refractivity contribution in [3.05, 3.63) is 48.0 Å². The predicted molar refractivity (Wildman–Crippen MR) is 103 cm³/mol. The molecular formula is C20H21F3N2O2S. The van der Waals surface area contributed by atoms with Crippen LogP contribution in [0.4, 0.5) is 24.5 Å². The van der Waals surface area contributed by atoms with Gasteiger partial charge in [0, 0.05) is 29.3 Å². The molecule has 0 saturated heterocycles. The van der Waals surface area contributed by atoms with Gasteiger partial charge in [-0.25, -0.2) is 0 Å². The second-order valence-electron chi connectivity index (χ2n) is 6.39. The van der Waals surface area contributed by atoms with Crippen molar-refractivity contribution in [2.24, 2.45) is 0 Å². The molecule has 1 N–H and O–H groups in total. The van der Waals surface area contributed by atoms with Crippen LogP contribution in [0.3, 0.4) is 0 Å². The lowest BCUT2D eigenvalue weighted by Gasteiger charge is -2.32. The first-order valence-corrected chi connectivity index (χ1v) is 9.81. The summed E-state index contributed by atoms with van der Waals surface area (Å²) in [6.07, 6.45) is -4.34. The van der Waals surface area contributed by atoms with Crippen LogP contribution in [-0.4, -0.2) is 42.2 Å². The molecule has 28 heavy (non-hydrogen) atoms. The zero-order chi connectivity index (χ0) is 20.3. The number of halogens is 3. The van der Waals surface area contributed by atoms with Crippen molar-refractivity contribution in [3.63, 3.8) is 0 Å². The number of benzene rings is 2. The number of carbonyl (C=O) groups is 1. The van der Waals surface area contributed by atoms with E-state index in [-0.39, 0.29) is 24.6 Å². The standard InChI is InChI=1S/C20H21F3N2O2S/c1-2-24(11-12-26)10-9-19(27)25-15-5-3-4-6-17(15)28-18-8-7-14(13-16(18)25)20(21,22)23/h3-8,13,26H,2,9-12H2,1H3. The second kappa shape index (κ2) is 8.55. The monoisotopic (exact) mass is 410 g/mol. The number of aliphatic hydroxyl groups is 1. The Bertz CT molecular complexity index is 858. The summed E-state index contributed by atoms with van der Waals surface area (Å²) in [6.45, 7) is 3.47. The minimum Gasteiger partial charge on any atom is -0.395 e. The van der Waals surface area contributed by atoms with Crippen LogP contribution in [0.15, 0.2) is 52.3 Å². The summed E-state index contributed by atoms with van der Waals surface area (Å²) in [7, 11) is 0. The third kappa shape index (κ3) is 4.34. The van der Waals surface area contributed by atoms with Crippen LogP contribution in [0, 0.1) is 0 Å². The minimum atomic E-state index is -4.48. The molecule has 150 valence electrons. The summed E-state index contributed by atoms with van der Waals surface area (Å²) in [5.41, 5.74) is 0.0720. The second-order valence-corrected chi connectivity index (χ2v) is 7.47. The van der Waals surface area contributed by atoms with Crippen molar-refractivity contribution in [1.29, 1.82) is 0 Å². The molecule has 3 rings (SSSR count). The fourth-order valence-electron chi connectivity index (χ4n) is 3.13. The van der Waals surface area contributed by atoms with Gasteiger partial charge >= 0.3 is 6.18 Å². The summed E-state index contributed by atoms with van der Waals surface area (Å²) in [4.78, 5) is 17.8. The molecule has 2 aromatic carbocycles. The summed E-state index contributed by atoms with van der Waals surface area (Å²) >= 11 is 1.36. The third-order valence-corrected chi connectivity index (χ3v) is 5.74. The van der Waals surface area contributed by atoms with E-state index in [0.717, 1.165) is 17.0 Å². The molecule has 1 amide bonds. The molecule has 0 bridgehead atoms. The number of alkyl halides is 3.